The summed E-state index contributed by atoms with van der Waals surface area (Å²) >= 11 is 0. The lowest BCUT2D eigenvalue weighted by Crippen LogP contribution is -2.31. The molecule has 0 fully saturated rings. The Morgan fingerprint density at radius 1 is 1.32 bits per heavy atom. The van der Waals surface area contributed by atoms with E-state index in [2.05, 4.69) is 0 Å². The smallest absolute Gasteiger partial charge is 0.289 e. The van der Waals surface area contributed by atoms with E-state index < -0.39 is 0 Å². The lowest BCUT2D eigenvalue weighted by molar-refractivity contribution is 0.0671. The Labute approximate surface area is 131 Å². The Balaban J connectivity index is 2.26. The van der Waals surface area contributed by atoms with Crippen LogP contribution in [-0.4, -0.2) is 29.6 Å². The summed E-state index contributed by atoms with van der Waals surface area (Å²) in [5.41, 5.74) is 2.00. The lowest BCUT2D eigenvalue weighted by atomic mass is 10.0. The van der Waals surface area contributed by atoms with Gasteiger partial charge >= 0.3 is 0 Å². The molecule has 0 spiro atoms. The molecule has 1 heterocycles. The van der Waals surface area contributed by atoms with Crippen LogP contribution in [0.2, 0.25) is 0 Å². The third kappa shape index (κ3) is 3.39. The molecule has 1 amide bonds. The topological polar surface area (TPSA) is 53.7 Å². The standard InChI is InChI=1S/C18H23NO3/c1-4-16-13(2)12-17(22-16)18(21)19(3)15(10-11-20)14-8-6-5-7-9-14/h5-9,12,15,20H,4,10-11H2,1-3H3. The molecule has 0 saturated carbocycles. The number of nitrogens with zero attached hydrogens (tertiary/aromatic N) is 1. The highest BCUT2D eigenvalue weighted by Gasteiger charge is 2.25. The molecule has 1 aromatic carbocycles. The number of carbonyl (C=O) groups is 1. The predicted octanol–water partition coefficient (Wildman–Crippen LogP) is 3.35. The molecular weight excluding hydrogens is 278 g/mol. The molecule has 22 heavy (non-hydrogen) atoms. The molecule has 1 unspecified atom stereocenters. The molecule has 1 N–H and O–H groups in total. The first-order valence-corrected chi connectivity index (χ1v) is 7.60. The fraction of sp³-hybridized carbons (Fsp3) is 0.389. The van der Waals surface area contributed by atoms with Crippen LogP contribution in [0.4, 0.5) is 0 Å². The van der Waals surface area contributed by atoms with Gasteiger partial charge in [-0.15, -0.1) is 0 Å². The van der Waals surface area contributed by atoms with Gasteiger partial charge in [0.25, 0.3) is 5.91 Å². The van der Waals surface area contributed by atoms with Crippen LogP contribution in [-0.2, 0) is 6.42 Å². The predicted molar refractivity (Wildman–Crippen MR) is 85.8 cm³/mol. The maximum Gasteiger partial charge on any atom is 0.289 e. The van der Waals surface area contributed by atoms with Crippen LogP contribution in [0.3, 0.4) is 0 Å². The molecule has 0 aliphatic heterocycles. The molecular formula is C18H23NO3. The van der Waals surface area contributed by atoms with E-state index in [0.29, 0.717) is 12.2 Å². The average molecular weight is 301 g/mol. The number of aryl methyl sites for hydroxylation is 2. The van der Waals surface area contributed by atoms with E-state index >= 15 is 0 Å². The highest BCUT2D eigenvalue weighted by molar-refractivity contribution is 5.92. The van der Waals surface area contributed by atoms with Gasteiger partial charge in [0.15, 0.2) is 5.76 Å². The molecule has 1 aromatic heterocycles. The molecule has 4 nitrogen and oxygen atoms in total. The minimum absolute atomic E-state index is 0.0224. The fourth-order valence-electron chi connectivity index (χ4n) is 2.67. The van der Waals surface area contributed by atoms with E-state index in [1.807, 2.05) is 44.2 Å². The van der Waals surface area contributed by atoms with Crippen LogP contribution in [0.15, 0.2) is 40.8 Å². The Kier molecular flexibility index (Phi) is 5.39. The number of rotatable bonds is 6. The minimum Gasteiger partial charge on any atom is -0.456 e. The van der Waals surface area contributed by atoms with Crippen molar-refractivity contribution in [3.05, 3.63) is 59.0 Å². The van der Waals surface area contributed by atoms with E-state index in [9.17, 15) is 9.90 Å². The van der Waals surface area contributed by atoms with Gasteiger partial charge in [-0.3, -0.25) is 4.79 Å². The average Bonchev–Trinajstić information content (AvgIpc) is 2.93. The molecule has 2 rings (SSSR count). The number of amides is 1. The number of furan rings is 1. The van der Waals surface area contributed by atoms with Crippen molar-refractivity contribution in [1.82, 2.24) is 4.90 Å². The van der Waals surface area contributed by atoms with Gasteiger partial charge in [-0.1, -0.05) is 37.3 Å². The van der Waals surface area contributed by atoms with E-state index in [0.717, 1.165) is 23.3 Å². The van der Waals surface area contributed by atoms with Gasteiger partial charge < -0.3 is 14.4 Å². The van der Waals surface area contributed by atoms with Gasteiger partial charge in [0, 0.05) is 20.1 Å². The van der Waals surface area contributed by atoms with Crippen LogP contribution < -0.4 is 0 Å². The van der Waals surface area contributed by atoms with Crippen molar-refractivity contribution in [1.29, 1.82) is 0 Å². The summed E-state index contributed by atoms with van der Waals surface area (Å²) in [7, 11) is 1.75. The van der Waals surface area contributed by atoms with Crippen molar-refractivity contribution in [2.24, 2.45) is 0 Å². The lowest BCUT2D eigenvalue weighted by Gasteiger charge is -2.27. The SMILES string of the molecule is CCc1oc(C(=O)N(C)C(CCO)c2ccccc2)cc1C. The Hall–Kier alpha value is -2.07. The zero-order chi connectivity index (χ0) is 16.1. The third-order valence-electron chi connectivity index (χ3n) is 3.93. The Morgan fingerprint density at radius 3 is 2.55 bits per heavy atom. The molecule has 0 saturated heterocycles. The summed E-state index contributed by atoms with van der Waals surface area (Å²) in [5, 5.41) is 9.32. The molecule has 2 aromatic rings. The zero-order valence-corrected chi connectivity index (χ0v) is 13.4. The zero-order valence-electron chi connectivity index (χ0n) is 13.4. The summed E-state index contributed by atoms with van der Waals surface area (Å²) < 4.78 is 5.66. The number of aliphatic hydroxyl groups excluding tert-OH is 1. The third-order valence-corrected chi connectivity index (χ3v) is 3.93. The summed E-state index contributed by atoms with van der Waals surface area (Å²) in [6, 6.07) is 11.4. The van der Waals surface area contributed by atoms with Crippen molar-refractivity contribution >= 4 is 5.91 Å². The van der Waals surface area contributed by atoms with Crippen LogP contribution in [0.5, 0.6) is 0 Å². The largest absolute Gasteiger partial charge is 0.456 e. The molecule has 0 bridgehead atoms. The maximum absolute atomic E-state index is 12.7. The van der Waals surface area contributed by atoms with Gasteiger partial charge in [0.05, 0.1) is 6.04 Å². The summed E-state index contributed by atoms with van der Waals surface area (Å²) in [4.78, 5) is 14.3. The summed E-state index contributed by atoms with van der Waals surface area (Å²) in [6.07, 6.45) is 1.26. The number of aliphatic hydroxyl groups is 1. The molecule has 118 valence electrons. The van der Waals surface area contributed by atoms with E-state index in [1.54, 1.807) is 18.0 Å². The number of benzene rings is 1. The minimum atomic E-state index is -0.172. The van der Waals surface area contributed by atoms with Crippen molar-refractivity contribution < 1.29 is 14.3 Å². The second-order valence-electron chi connectivity index (χ2n) is 5.43. The second-order valence-corrected chi connectivity index (χ2v) is 5.43. The van der Waals surface area contributed by atoms with E-state index in [4.69, 9.17) is 4.42 Å². The van der Waals surface area contributed by atoms with Crippen molar-refractivity contribution in [3.8, 4) is 0 Å². The van der Waals surface area contributed by atoms with Gasteiger partial charge in [0.2, 0.25) is 0 Å². The molecule has 0 aliphatic carbocycles. The Morgan fingerprint density at radius 2 is 2.00 bits per heavy atom. The molecule has 4 heteroatoms. The highest BCUT2D eigenvalue weighted by Crippen LogP contribution is 2.25. The van der Waals surface area contributed by atoms with Crippen molar-refractivity contribution in [2.45, 2.75) is 32.7 Å². The summed E-state index contributed by atoms with van der Waals surface area (Å²) in [5.74, 6) is 1.04. The van der Waals surface area contributed by atoms with Crippen LogP contribution in [0.25, 0.3) is 0 Å². The summed E-state index contributed by atoms with van der Waals surface area (Å²) in [6.45, 7) is 3.97. The number of hydrogen-bond acceptors (Lipinski definition) is 3. The number of hydrogen-bond donors (Lipinski definition) is 1. The first kappa shape index (κ1) is 16.3. The van der Waals surface area contributed by atoms with Crippen LogP contribution in [0, 0.1) is 6.92 Å². The molecule has 0 radical (unpaired) electrons. The second kappa shape index (κ2) is 7.27. The van der Waals surface area contributed by atoms with Gasteiger partial charge in [-0.2, -0.15) is 0 Å². The monoisotopic (exact) mass is 301 g/mol. The van der Waals surface area contributed by atoms with Crippen molar-refractivity contribution in [2.75, 3.05) is 13.7 Å². The van der Waals surface area contributed by atoms with Gasteiger partial charge in [0.1, 0.15) is 5.76 Å². The van der Waals surface area contributed by atoms with Gasteiger partial charge in [-0.25, -0.2) is 0 Å². The van der Waals surface area contributed by atoms with Crippen LogP contribution >= 0.6 is 0 Å². The van der Waals surface area contributed by atoms with Crippen molar-refractivity contribution in [3.63, 3.8) is 0 Å². The Bertz CT molecular complexity index is 619. The highest BCUT2D eigenvalue weighted by atomic mass is 16.4. The van der Waals surface area contributed by atoms with Crippen LogP contribution in [0.1, 0.15) is 46.8 Å². The quantitative estimate of drug-likeness (QED) is 0.890. The number of carbonyl (C=O) groups excluding carboxylic acids is 1. The molecule has 1 atom stereocenters. The van der Waals surface area contributed by atoms with Gasteiger partial charge in [-0.05, 0) is 30.5 Å². The maximum atomic E-state index is 12.7. The van der Waals surface area contributed by atoms with E-state index in [-0.39, 0.29) is 18.6 Å². The first-order valence-electron chi connectivity index (χ1n) is 7.60. The fourth-order valence-corrected chi connectivity index (χ4v) is 2.67. The van der Waals surface area contributed by atoms with E-state index in [1.165, 1.54) is 0 Å². The first-order chi connectivity index (χ1) is 10.6. The molecule has 0 aliphatic rings. The normalized spacial score (nSPS) is 12.2.